The minimum Gasteiger partial charge on any atom is -0.302 e. The molecule has 0 aliphatic rings. The molecule has 114 valence electrons. The Morgan fingerprint density at radius 2 is 1.57 bits per heavy atom. The highest BCUT2D eigenvalue weighted by Crippen LogP contribution is 2.33. The second-order valence-corrected chi connectivity index (χ2v) is 6.00. The fraction of sp³-hybridized carbons (Fsp3) is 0.200. The zero-order valence-electron chi connectivity index (χ0n) is 13.8. The van der Waals surface area contributed by atoms with E-state index in [0.29, 0.717) is 11.1 Å². The Morgan fingerprint density at radius 3 is 2.17 bits per heavy atom. The lowest BCUT2D eigenvalue weighted by Crippen LogP contribution is -2.21. The molecule has 3 nitrogen and oxygen atoms in total. The van der Waals surface area contributed by atoms with Crippen LogP contribution in [0.2, 0.25) is 0 Å². The summed E-state index contributed by atoms with van der Waals surface area (Å²) in [7, 11) is 1.66. The molecule has 0 aliphatic carbocycles. The summed E-state index contributed by atoms with van der Waals surface area (Å²) in [5.41, 5.74) is 5.39. The van der Waals surface area contributed by atoms with E-state index < -0.39 is 0 Å². The first-order valence-electron chi connectivity index (χ1n) is 7.55. The van der Waals surface area contributed by atoms with Crippen molar-refractivity contribution >= 4 is 10.8 Å². The van der Waals surface area contributed by atoms with Crippen molar-refractivity contribution in [2.45, 2.75) is 20.8 Å². The average Bonchev–Trinajstić information content (AvgIpc) is 2.53. The van der Waals surface area contributed by atoms with E-state index in [2.05, 4.69) is 6.07 Å². The summed E-state index contributed by atoms with van der Waals surface area (Å²) in [5.74, 6) is 0. The molecule has 1 aromatic heterocycles. The van der Waals surface area contributed by atoms with Gasteiger partial charge in [-0.05, 0) is 54.5 Å². The number of aryl methyl sites for hydroxylation is 3. The molecule has 0 N–H and O–H groups in total. The molecule has 3 aromatic rings. The zero-order chi connectivity index (χ0) is 16.7. The predicted octanol–water partition coefficient (Wildman–Crippen LogP) is 4.00. The molecule has 0 saturated carbocycles. The number of pyridine rings is 1. The van der Waals surface area contributed by atoms with Crippen molar-refractivity contribution in [3.63, 3.8) is 0 Å². The largest absolute Gasteiger partial charge is 0.302 e. The summed E-state index contributed by atoms with van der Waals surface area (Å²) in [4.78, 5) is 12.7. The number of benzene rings is 2. The topological polar surface area (TPSA) is 45.8 Å². The number of nitrogens with zero attached hydrogens (tertiary/aromatic N) is 2. The second-order valence-electron chi connectivity index (χ2n) is 6.00. The van der Waals surface area contributed by atoms with Gasteiger partial charge in [-0.25, -0.2) is 0 Å². The molecule has 0 amide bonds. The van der Waals surface area contributed by atoms with E-state index in [-0.39, 0.29) is 5.56 Å². The highest BCUT2D eigenvalue weighted by atomic mass is 16.1. The van der Waals surface area contributed by atoms with Crippen LogP contribution in [-0.2, 0) is 7.05 Å². The first kappa shape index (κ1) is 15.1. The van der Waals surface area contributed by atoms with Crippen LogP contribution in [0.5, 0.6) is 0 Å². The quantitative estimate of drug-likeness (QED) is 0.682. The molecule has 1 heterocycles. The van der Waals surface area contributed by atoms with Crippen LogP contribution < -0.4 is 5.56 Å². The van der Waals surface area contributed by atoms with E-state index in [1.165, 1.54) is 4.57 Å². The molecule has 0 bridgehead atoms. The van der Waals surface area contributed by atoms with Crippen LogP contribution >= 0.6 is 0 Å². The van der Waals surface area contributed by atoms with Gasteiger partial charge in [0, 0.05) is 18.0 Å². The summed E-state index contributed by atoms with van der Waals surface area (Å²) in [5, 5.41) is 11.2. The van der Waals surface area contributed by atoms with Crippen molar-refractivity contribution in [2.24, 2.45) is 7.05 Å². The molecule has 0 fully saturated rings. The first-order valence-corrected chi connectivity index (χ1v) is 7.55. The number of rotatable bonds is 1. The molecule has 0 radical (unpaired) electrons. The van der Waals surface area contributed by atoms with Crippen LogP contribution in [0, 0.1) is 32.1 Å². The third kappa shape index (κ3) is 2.24. The highest BCUT2D eigenvalue weighted by Gasteiger charge is 2.18. The minimum atomic E-state index is -0.128. The van der Waals surface area contributed by atoms with E-state index in [1.54, 1.807) is 7.05 Å². The Balaban J connectivity index is 2.62. The number of nitriles is 1. The van der Waals surface area contributed by atoms with Gasteiger partial charge in [0.2, 0.25) is 0 Å². The smallest absolute Gasteiger partial charge is 0.259 e. The molecule has 3 rings (SSSR count). The maximum atomic E-state index is 12.7. The summed E-state index contributed by atoms with van der Waals surface area (Å²) >= 11 is 0. The number of hydrogen-bond acceptors (Lipinski definition) is 2. The Morgan fingerprint density at radius 1 is 0.957 bits per heavy atom. The van der Waals surface area contributed by atoms with Gasteiger partial charge in [0.15, 0.2) is 0 Å². The van der Waals surface area contributed by atoms with Crippen LogP contribution in [0.1, 0.15) is 22.4 Å². The molecule has 23 heavy (non-hydrogen) atoms. The molecule has 3 heteroatoms. The zero-order valence-corrected chi connectivity index (χ0v) is 13.8. The Hall–Kier alpha value is -2.86. The van der Waals surface area contributed by atoms with Gasteiger partial charge >= 0.3 is 0 Å². The van der Waals surface area contributed by atoms with Crippen molar-refractivity contribution in [2.75, 3.05) is 0 Å². The average molecular weight is 302 g/mol. The number of fused-ring (bicyclic) bond motifs is 1. The van der Waals surface area contributed by atoms with Crippen molar-refractivity contribution in [1.82, 2.24) is 4.57 Å². The molecule has 0 spiro atoms. The lowest BCUT2D eigenvalue weighted by molar-refractivity contribution is 0.856. The molecule has 0 unspecified atom stereocenters. The summed E-state index contributed by atoms with van der Waals surface area (Å²) in [6.07, 6.45) is 0. The van der Waals surface area contributed by atoms with Crippen molar-refractivity contribution in [3.05, 3.63) is 69.1 Å². The number of hydrogen-bond donors (Lipinski definition) is 0. The van der Waals surface area contributed by atoms with Crippen molar-refractivity contribution in [1.29, 1.82) is 5.26 Å². The molecular formula is C20H18N2O. The van der Waals surface area contributed by atoms with Gasteiger partial charge in [0.05, 0.1) is 0 Å². The summed E-state index contributed by atoms with van der Waals surface area (Å²) in [6.45, 7) is 6.05. The van der Waals surface area contributed by atoms with E-state index in [1.807, 2.05) is 57.2 Å². The third-order valence-electron chi connectivity index (χ3n) is 4.53. The second kappa shape index (κ2) is 5.40. The van der Waals surface area contributed by atoms with Gasteiger partial charge in [-0.15, -0.1) is 0 Å². The normalized spacial score (nSPS) is 10.7. The van der Waals surface area contributed by atoms with Gasteiger partial charge in [-0.1, -0.05) is 30.3 Å². The molecule has 0 aliphatic heterocycles. The van der Waals surface area contributed by atoms with Gasteiger partial charge in [-0.2, -0.15) is 5.26 Å². The monoisotopic (exact) mass is 302 g/mol. The molecule has 0 atom stereocenters. The Kier molecular flexibility index (Phi) is 3.54. The Bertz CT molecular complexity index is 1040. The van der Waals surface area contributed by atoms with Crippen molar-refractivity contribution < 1.29 is 0 Å². The van der Waals surface area contributed by atoms with Crippen LogP contribution in [0.3, 0.4) is 0 Å². The summed E-state index contributed by atoms with van der Waals surface area (Å²) in [6, 6.07) is 14.1. The SMILES string of the molecule is Cc1cc2c(-c3ccccc3C)c(C#N)n(C)c(=O)c2cc1C. The third-order valence-corrected chi connectivity index (χ3v) is 4.53. The molecule has 0 saturated heterocycles. The van der Waals surface area contributed by atoms with E-state index >= 15 is 0 Å². The number of aromatic nitrogens is 1. The van der Waals surface area contributed by atoms with Crippen LogP contribution in [0.15, 0.2) is 41.2 Å². The van der Waals surface area contributed by atoms with E-state index in [4.69, 9.17) is 0 Å². The lowest BCUT2D eigenvalue weighted by Gasteiger charge is -2.16. The van der Waals surface area contributed by atoms with Crippen LogP contribution in [0.25, 0.3) is 21.9 Å². The van der Waals surface area contributed by atoms with Gasteiger partial charge in [0.1, 0.15) is 11.8 Å². The minimum absolute atomic E-state index is 0.128. The Labute approximate surface area is 135 Å². The molecular weight excluding hydrogens is 284 g/mol. The maximum Gasteiger partial charge on any atom is 0.259 e. The standard InChI is InChI=1S/C20H18N2O/c1-12-7-5-6-8-15(12)19-16-9-13(2)14(3)10-17(16)20(23)22(4)18(19)11-21/h5-10H,1-4H3. The highest BCUT2D eigenvalue weighted by molar-refractivity contribution is 5.99. The van der Waals surface area contributed by atoms with Gasteiger partial charge in [0.25, 0.3) is 5.56 Å². The lowest BCUT2D eigenvalue weighted by atomic mass is 9.92. The van der Waals surface area contributed by atoms with Crippen LogP contribution in [-0.4, -0.2) is 4.57 Å². The van der Waals surface area contributed by atoms with Crippen molar-refractivity contribution in [3.8, 4) is 17.2 Å². The predicted molar refractivity (Wildman–Crippen MR) is 93.6 cm³/mol. The van der Waals surface area contributed by atoms with E-state index in [9.17, 15) is 10.1 Å². The first-order chi connectivity index (χ1) is 11.0. The van der Waals surface area contributed by atoms with Gasteiger partial charge < -0.3 is 4.57 Å². The molecule has 2 aromatic carbocycles. The van der Waals surface area contributed by atoms with E-state index in [0.717, 1.165) is 33.2 Å². The summed E-state index contributed by atoms with van der Waals surface area (Å²) < 4.78 is 1.46. The van der Waals surface area contributed by atoms with Gasteiger partial charge in [-0.3, -0.25) is 4.79 Å². The fourth-order valence-electron chi connectivity index (χ4n) is 3.03. The maximum absolute atomic E-state index is 12.7. The fourth-order valence-corrected chi connectivity index (χ4v) is 3.03. The van der Waals surface area contributed by atoms with Crippen LogP contribution in [0.4, 0.5) is 0 Å².